The lowest BCUT2D eigenvalue weighted by Gasteiger charge is -2.20. The van der Waals surface area contributed by atoms with Crippen LogP contribution < -0.4 is 9.47 Å². The summed E-state index contributed by atoms with van der Waals surface area (Å²) in [6, 6.07) is 6.57. The summed E-state index contributed by atoms with van der Waals surface area (Å²) < 4.78 is 121. The van der Waals surface area contributed by atoms with Crippen molar-refractivity contribution in [2.45, 2.75) is 38.5 Å². The van der Waals surface area contributed by atoms with E-state index in [0.717, 1.165) is 29.8 Å². The highest BCUT2D eigenvalue weighted by Gasteiger charge is 2.36. The number of alkyl halides is 6. The normalized spacial score (nSPS) is 12.0. The number of methoxy groups -OCH3 is 1. The standard InChI is InChI=1S/C34H41ClF6N2O8/c1-23(44)51-32-25(28-22-30(34(39,40)41)42-43(28)2)8-10-29(31(32)24-7-9-27(35)26(21-24)33(36,37)38)50-12-6-4-5-11-46-15-16-48-19-20-49-18-17-47-14-13-45-3/h7-10,21-22H,4-6,11-20H2,1-3H3. The van der Waals surface area contributed by atoms with Crippen LogP contribution in [0.4, 0.5) is 26.3 Å². The van der Waals surface area contributed by atoms with Gasteiger partial charge in [-0.1, -0.05) is 17.7 Å². The highest BCUT2D eigenvalue weighted by molar-refractivity contribution is 6.31. The number of ether oxygens (including phenoxy) is 7. The van der Waals surface area contributed by atoms with Crippen LogP contribution in [0.2, 0.25) is 5.02 Å². The SMILES string of the molecule is COCCOCCOCCOCCOCCCCCOc1ccc(-c2cc(C(F)(F)F)nn2C)c(OC(C)=O)c1-c1ccc(Cl)c(C(F)(F)F)c1. The first-order valence-corrected chi connectivity index (χ1v) is 16.4. The molecule has 0 unspecified atom stereocenters. The molecule has 2 aromatic carbocycles. The van der Waals surface area contributed by atoms with Crippen molar-refractivity contribution in [1.29, 1.82) is 0 Å². The largest absolute Gasteiger partial charge is 0.493 e. The van der Waals surface area contributed by atoms with Crippen LogP contribution in [0.15, 0.2) is 36.4 Å². The van der Waals surface area contributed by atoms with Gasteiger partial charge in [0.25, 0.3) is 0 Å². The van der Waals surface area contributed by atoms with Gasteiger partial charge in [0.2, 0.25) is 0 Å². The van der Waals surface area contributed by atoms with E-state index in [1.54, 1.807) is 7.11 Å². The van der Waals surface area contributed by atoms with Crippen molar-refractivity contribution in [2.24, 2.45) is 7.05 Å². The Hall–Kier alpha value is -3.41. The molecule has 1 heterocycles. The Bertz CT molecular complexity index is 1530. The van der Waals surface area contributed by atoms with Crippen molar-refractivity contribution in [3.05, 3.63) is 52.7 Å². The minimum absolute atomic E-state index is 0.0291. The van der Waals surface area contributed by atoms with Crippen molar-refractivity contribution in [1.82, 2.24) is 9.78 Å². The average molecular weight is 755 g/mol. The molecule has 0 saturated heterocycles. The highest BCUT2D eigenvalue weighted by atomic mass is 35.5. The van der Waals surface area contributed by atoms with Gasteiger partial charge in [-0.05, 0) is 55.2 Å². The summed E-state index contributed by atoms with van der Waals surface area (Å²) in [6.45, 7) is 5.28. The molecular weight excluding hydrogens is 714 g/mol. The number of aromatic nitrogens is 2. The number of rotatable bonds is 22. The van der Waals surface area contributed by atoms with Gasteiger partial charge in [0.1, 0.15) is 5.75 Å². The fourth-order valence-corrected chi connectivity index (χ4v) is 4.96. The number of carbonyl (C=O) groups is 1. The number of hydrogen-bond acceptors (Lipinski definition) is 9. The van der Waals surface area contributed by atoms with Gasteiger partial charge >= 0.3 is 18.3 Å². The molecule has 10 nitrogen and oxygen atoms in total. The minimum atomic E-state index is -4.83. The molecule has 0 spiro atoms. The Kier molecular flexibility index (Phi) is 17.0. The van der Waals surface area contributed by atoms with E-state index < -0.39 is 34.6 Å². The Labute approximate surface area is 296 Å². The molecule has 3 rings (SSSR count). The van der Waals surface area contributed by atoms with Gasteiger partial charge in [0.05, 0.1) is 81.3 Å². The molecule has 51 heavy (non-hydrogen) atoms. The van der Waals surface area contributed by atoms with Crippen LogP contribution in [0, 0.1) is 0 Å². The van der Waals surface area contributed by atoms with E-state index in [1.807, 2.05) is 0 Å². The molecule has 0 atom stereocenters. The van der Waals surface area contributed by atoms with Gasteiger partial charge < -0.3 is 33.2 Å². The molecule has 0 bridgehead atoms. The average Bonchev–Trinajstić information content (AvgIpc) is 3.45. The third-order valence-corrected chi connectivity index (χ3v) is 7.44. The van der Waals surface area contributed by atoms with Crippen molar-refractivity contribution < 1.29 is 64.3 Å². The maximum atomic E-state index is 13.9. The van der Waals surface area contributed by atoms with E-state index in [4.69, 9.17) is 44.8 Å². The molecule has 17 heteroatoms. The summed E-state index contributed by atoms with van der Waals surface area (Å²) in [5, 5.41) is 2.94. The number of unbranched alkanes of at least 4 members (excludes halogenated alkanes) is 2. The second-order valence-electron chi connectivity index (χ2n) is 11.0. The van der Waals surface area contributed by atoms with Crippen LogP contribution in [0.1, 0.15) is 37.4 Å². The van der Waals surface area contributed by atoms with Crippen molar-refractivity contribution in [3.8, 4) is 33.9 Å². The van der Waals surface area contributed by atoms with Crippen LogP contribution in [0.5, 0.6) is 11.5 Å². The van der Waals surface area contributed by atoms with Crippen LogP contribution >= 0.6 is 11.6 Å². The molecule has 3 aromatic rings. The molecule has 0 aliphatic heterocycles. The number of aryl methyl sites for hydroxylation is 1. The molecule has 0 aliphatic rings. The van der Waals surface area contributed by atoms with Crippen LogP contribution in [0.25, 0.3) is 22.4 Å². The molecule has 284 valence electrons. The van der Waals surface area contributed by atoms with Gasteiger partial charge in [0, 0.05) is 33.3 Å². The number of benzene rings is 2. The number of halogens is 7. The Morgan fingerprint density at radius 3 is 1.90 bits per heavy atom. The van der Waals surface area contributed by atoms with Gasteiger partial charge in [-0.3, -0.25) is 9.48 Å². The summed E-state index contributed by atoms with van der Waals surface area (Å²) in [5.41, 5.74) is -2.67. The first-order chi connectivity index (χ1) is 24.2. The van der Waals surface area contributed by atoms with Crippen molar-refractivity contribution >= 4 is 17.6 Å². The molecule has 0 fully saturated rings. The van der Waals surface area contributed by atoms with E-state index in [1.165, 1.54) is 25.2 Å². The zero-order valence-corrected chi connectivity index (χ0v) is 29.2. The predicted molar refractivity (Wildman–Crippen MR) is 175 cm³/mol. The maximum Gasteiger partial charge on any atom is 0.435 e. The Morgan fingerprint density at radius 2 is 1.35 bits per heavy atom. The lowest BCUT2D eigenvalue weighted by molar-refractivity contribution is -0.141. The summed E-state index contributed by atoms with van der Waals surface area (Å²) in [4.78, 5) is 12.3. The second-order valence-corrected chi connectivity index (χ2v) is 11.4. The molecule has 1 aromatic heterocycles. The van der Waals surface area contributed by atoms with Crippen LogP contribution in [-0.2, 0) is 47.9 Å². The lowest BCUT2D eigenvalue weighted by atomic mass is 9.96. The zero-order chi connectivity index (χ0) is 37.4. The van der Waals surface area contributed by atoms with Crippen LogP contribution in [0.3, 0.4) is 0 Å². The smallest absolute Gasteiger partial charge is 0.435 e. The molecule has 0 radical (unpaired) electrons. The van der Waals surface area contributed by atoms with E-state index in [2.05, 4.69) is 5.10 Å². The number of esters is 1. The van der Waals surface area contributed by atoms with Crippen LogP contribution in [-0.4, -0.2) is 88.9 Å². The first-order valence-electron chi connectivity index (χ1n) is 16.0. The maximum absolute atomic E-state index is 13.9. The predicted octanol–water partition coefficient (Wildman–Crippen LogP) is 7.63. The summed E-state index contributed by atoms with van der Waals surface area (Å²) in [5.74, 6) is -1.13. The van der Waals surface area contributed by atoms with Gasteiger partial charge in [-0.2, -0.15) is 31.4 Å². The molecule has 0 saturated carbocycles. The molecule has 0 N–H and O–H groups in total. The minimum Gasteiger partial charge on any atom is -0.493 e. The zero-order valence-electron chi connectivity index (χ0n) is 28.5. The topological polar surface area (TPSA) is 99.5 Å². The summed E-state index contributed by atoms with van der Waals surface area (Å²) in [6.07, 6.45) is -7.72. The highest BCUT2D eigenvalue weighted by Crippen LogP contribution is 2.48. The van der Waals surface area contributed by atoms with Gasteiger partial charge in [-0.15, -0.1) is 0 Å². The third kappa shape index (κ3) is 13.6. The summed E-state index contributed by atoms with van der Waals surface area (Å²) >= 11 is 5.86. The third-order valence-electron chi connectivity index (χ3n) is 7.11. The first kappa shape index (κ1) is 42.0. The molecular formula is C34H41ClF6N2O8. The van der Waals surface area contributed by atoms with Crippen molar-refractivity contribution in [2.75, 3.05) is 73.2 Å². The van der Waals surface area contributed by atoms with Crippen molar-refractivity contribution in [3.63, 3.8) is 0 Å². The van der Waals surface area contributed by atoms with E-state index in [0.29, 0.717) is 78.7 Å². The second kappa shape index (κ2) is 20.6. The number of hydrogen-bond donors (Lipinski definition) is 0. The van der Waals surface area contributed by atoms with Gasteiger partial charge in [-0.25, -0.2) is 0 Å². The van der Waals surface area contributed by atoms with Gasteiger partial charge in [0.15, 0.2) is 11.4 Å². The summed E-state index contributed by atoms with van der Waals surface area (Å²) in [7, 11) is 2.86. The van der Waals surface area contributed by atoms with E-state index in [-0.39, 0.29) is 40.5 Å². The fourth-order valence-electron chi connectivity index (χ4n) is 4.73. The number of carbonyl (C=O) groups excluding carboxylic acids is 1. The van der Waals surface area contributed by atoms with E-state index in [9.17, 15) is 31.1 Å². The van der Waals surface area contributed by atoms with E-state index >= 15 is 0 Å². The molecule has 0 amide bonds. The Balaban J connectivity index is 1.65. The number of nitrogens with zero attached hydrogens (tertiary/aromatic N) is 2. The lowest BCUT2D eigenvalue weighted by Crippen LogP contribution is -2.13. The quantitative estimate of drug-likeness (QED) is 0.0444. The fraction of sp³-hybridized carbons (Fsp3) is 0.529. The monoisotopic (exact) mass is 754 g/mol. The molecule has 0 aliphatic carbocycles. The Morgan fingerprint density at radius 1 is 0.765 bits per heavy atom.